The van der Waals surface area contributed by atoms with Crippen LogP contribution in [0.25, 0.3) is 0 Å². The highest BCUT2D eigenvalue weighted by atomic mass is 19.4. The van der Waals surface area contributed by atoms with E-state index in [2.05, 4.69) is 0 Å². The summed E-state index contributed by atoms with van der Waals surface area (Å²) in [7, 11) is 0. The molecule has 4 nitrogen and oxygen atoms in total. The van der Waals surface area contributed by atoms with Gasteiger partial charge in [-0.25, -0.2) is 0 Å². The predicted molar refractivity (Wildman–Crippen MR) is 117 cm³/mol. The molecule has 1 fully saturated rings. The van der Waals surface area contributed by atoms with Crippen molar-refractivity contribution in [1.82, 2.24) is 0 Å². The molecule has 1 N–H and O–H groups in total. The van der Waals surface area contributed by atoms with Crippen LogP contribution in [-0.4, -0.2) is 29.8 Å². The molecule has 2 aliphatic rings. The van der Waals surface area contributed by atoms with E-state index in [4.69, 9.17) is 9.84 Å². The molecule has 0 amide bonds. The molecule has 2 aromatic rings. The standard InChI is InChI=1S/C25H25F6NO3/c1-15(22(33)34)12-16-2-3-17-6-7-23(35-21(17)13-16)8-10-32(11-9-23)20-14-18(24(26,27)28)4-5-19(20)25(29,30)31/h2-5,13-15H,6-12H2,1H3,(H,33,34). The van der Waals surface area contributed by atoms with Gasteiger partial charge in [-0.15, -0.1) is 0 Å². The fourth-order valence-electron chi connectivity index (χ4n) is 4.83. The number of carboxylic acid groups (broad SMARTS) is 1. The van der Waals surface area contributed by atoms with Crippen molar-refractivity contribution in [2.45, 2.75) is 57.0 Å². The Morgan fingerprint density at radius 3 is 2.31 bits per heavy atom. The summed E-state index contributed by atoms with van der Waals surface area (Å²) >= 11 is 0. The van der Waals surface area contributed by atoms with E-state index in [-0.39, 0.29) is 13.1 Å². The first-order chi connectivity index (χ1) is 16.3. The van der Waals surface area contributed by atoms with Gasteiger partial charge < -0.3 is 14.7 Å². The lowest BCUT2D eigenvalue weighted by Gasteiger charge is -2.45. The molecule has 190 valence electrons. The molecule has 1 atom stereocenters. The van der Waals surface area contributed by atoms with Gasteiger partial charge in [0.2, 0.25) is 0 Å². The number of hydrogen-bond acceptors (Lipinski definition) is 3. The van der Waals surface area contributed by atoms with Crippen LogP contribution in [0.1, 0.15) is 48.4 Å². The normalized spacial score (nSPS) is 18.7. The maximum Gasteiger partial charge on any atom is 0.418 e. The molecule has 0 radical (unpaired) electrons. The van der Waals surface area contributed by atoms with Gasteiger partial charge in [0.25, 0.3) is 0 Å². The minimum atomic E-state index is -4.78. The summed E-state index contributed by atoms with van der Waals surface area (Å²) in [4.78, 5) is 12.5. The second-order valence-electron chi connectivity index (χ2n) is 9.39. The van der Waals surface area contributed by atoms with Crippen molar-refractivity contribution in [2.75, 3.05) is 18.0 Å². The van der Waals surface area contributed by atoms with E-state index < -0.39 is 46.7 Å². The molecule has 2 aliphatic heterocycles. The molecular formula is C25H25F6NO3. The summed E-state index contributed by atoms with van der Waals surface area (Å²) in [6.07, 6.45) is -7.14. The smallest absolute Gasteiger partial charge is 0.418 e. The van der Waals surface area contributed by atoms with Gasteiger partial charge in [0, 0.05) is 31.6 Å². The monoisotopic (exact) mass is 501 g/mol. The summed E-state index contributed by atoms with van der Waals surface area (Å²) in [5, 5.41) is 9.16. The zero-order valence-corrected chi connectivity index (χ0v) is 19.0. The van der Waals surface area contributed by atoms with Crippen LogP contribution in [0.2, 0.25) is 0 Å². The zero-order chi connectivity index (χ0) is 25.6. The highest BCUT2D eigenvalue weighted by Gasteiger charge is 2.43. The topological polar surface area (TPSA) is 49.8 Å². The summed E-state index contributed by atoms with van der Waals surface area (Å²) in [5.74, 6) is -0.834. The molecule has 10 heteroatoms. The summed E-state index contributed by atoms with van der Waals surface area (Å²) < 4.78 is 86.6. The fraction of sp³-hybridized carbons (Fsp3) is 0.480. The van der Waals surface area contributed by atoms with Crippen LogP contribution in [-0.2, 0) is 30.0 Å². The number of ether oxygens (including phenoxy) is 1. The molecule has 2 aromatic carbocycles. The van der Waals surface area contributed by atoms with Gasteiger partial charge in [-0.2, -0.15) is 26.3 Å². The van der Waals surface area contributed by atoms with Crippen LogP contribution < -0.4 is 9.64 Å². The summed E-state index contributed by atoms with van der Waals surface area (Å²) in [5.41, 5.74) is -1.52. The van der Waals surface area contributed by atoms with E-state index >= 15 is 0 Å². The summed E-state index contributed by atoms with van der Waals surface area (Å²) in [6, 6.07) is 7.12. The number of carbonyl (C=O) groups is 1. The van der Waals surface area contributed by atoms with Crippen LogP contribution in [0, 0.1) is 5.92 Å². The Morgan fingerprint density at radius 2 is 1.71 bits per heavy atom. The van der Waals surface area contributed by atoms with E-state index in [1.807, 2.05) is 18.2 Å². The number of benzene rings is 2. The zero-order valence-electron chi connectivity index (χ0n) is 19.0. The van der Waals surface area contributed by atoms with Crippen LogP contribution in [0.3, 0.4) is 0 Å². The Kier molecular flexibility index (Phi) is 6.44. The largest absolute Gasteiger partial charge is 0.487 e. The molecule has 0 aliphatic carbocycles. The molecule has 0 saturated carbocycles. The highest BCUT2D eigenvalue weighted by Crippen LogP contribution is 2.44. The van der Waals surface area contributed by atoms with Gasteiger partial charge in [-0.05, 0) is 54.7 Å². The number of hydrogen-bond donors (Lipinski definition) is 1. The number of nitrogens with zero attached hydrogens (tertiary/aromatic N) is 1. The summed E-state index contributed by atoms with van der Waals surface area (Å²) in [6.45, 7) is 1.85. The third-order valence-corrected chi connectivity index (χ3v) is 6.92. The van der Waals surface area contributed by atoms with E-state index in [0.29, 0.717) is 56.1 Å². The van der Waals surface area contributed by atoms with Gasteiger partial charge in [0.05, 0.1) is 17.0 Å². The quantitative estimate of drug-likeness (QED) is 0.496. The van der Waals surface area contributed by atoms with Crippen LogP contribution in [0.15, 0.2) is 36.4 Å². The minimum absolute atomic E-state index is 0.120. The van der Waals surface area contributed by atoms with Crippen molar-refractivity contribution >= 4 is 11.7 Å². The SMILES string of the molecule is CC(Cc1ccc2c(c1)OC1(CC2)CCN(c2cc(C(F)(F)F)ccc2C(F)(F)F)CC1)C(=O)O. The molecule has 1 unspecified atom stereocenters. The number of halogens is 6. The van der Waals surface area contributed by atoms with Crippen LogP contribution >= 0.6 is 0 Å². The second kappa shape index (κ2) is 8.95. The van der Waals surface area contributed by atoms with Gasteiger partial charge in [-0.1, -0.05) is 19.1 Å². The van der Waals surface area contributed by atoms with Crippen molar-refractivity contribution in [3.63, 3.8) is 0 Å². The number of piperidine rings is 1. The second-order valence-corrected chi connectivity index (χ2v) is 9.39. The van der Waals surface area contributed by atoms with E-state index in [0.717, 1.165) is 11.1 Å². The maximum atomic E-state index is 13.6. The van der Waals surface area contributed by atoms with Crippen molar-refractivity contribution in [1.29, 1.82) is 0 Å². The van der Waals surface area contributed by atoms with E-state index in [9.17, 15) is 31.1 Å². The third-order valence-electron chi connectivity index (χ3n) is 6.92. The fourth-order valence-corrected chi connectivity index (χ4v) is 4.83. The molecule has 1 saturated heterocycles. The van der Waals surface area contributed by atoms with E-state index in [1.54, 1.807) is 6.92 Å². The average Bonchev–Trinajstić information content (AvgIpc) is 2.77. The number of fused-ring (bicyclic) bond motifs is 1. The van der Waals surface area contributed by atoms with Gasteiger partial charge in [0.15, 0.2) is 0 Å². The Balaban J connectivity index is 1.53. The first-order valence-corrected chi connectivity index (χ1v) is 11.3. The predicted octanol–water partition coefficient (Wildman–Crippen LogP) is 6.35. The number of rotatable bonds is 4. The van der Waals surface area contributed by atoms with Crippen molar-refractivity contribution in [3.05, 3.63) is 58.7 Å². The first kappa shape index (κ1) is 25.2. The van der Waals surface area contributed by atoms with Crippen LogP contribution in [0.5, 0.6) is 5.75 Å². The van der Waals surface area contributed by atoms with Gasteiger partial charge in [0.1, 0.15) is 11.4 Å². The number of alkyl halides is 6. The maximum absolute atomic E-state index is 13.6. The number of carboxylic acids is 1. The van der Waals surface area contributed by atoms with Crippen molar-refractivity contribution < 1.29 is 41.0 Å². The van der Waals surface area contributed by atoms with Crippen molar-refractivity contribution in [2.24, 2.45) is 5.92 Å². The van der Waals surface area contributed by atoms with Crippen LogP contribution in [0.4, 0.5) is 32.0 Å². The molecule has 0 aromatic heterocycles. The number of aliphatic carboxylic acids is 1. The molecule has 1 spiro atoms. The molecule has 2 heterocycles. The lowest BCUT2D eigenvalue weighted by Crippen LogP contribution is -2.50. The van der Waals surface area contributed by atoms with Crippen molar-refractivity contribution in [3.8, 4) is 5.75 Å². The molecule has 4 rings (SSSR count). The average molecular weight is 501 g/mol. The molecular weight excluding hydrogens is 476 g/mol. The lowest BCUT2D eigenvalue weighted by atomic mass is 9.82. The highest BCUT2D eigenvalue weighted by molar-refractivity contribution is 5.70. The first-order valence-electron chi connectivity index (χ1n) is 11.3. The Morgan fingerprint density at radius 1 is 1.03 bits per heavy atom. The minimum Gasteiger partial charge on any atom is -0.487 e. The number of aryl methyl sites for hydroxylation is 1. The van der Waals surface area contributed by atoms with Gasteiger partial charge >= 0.3 is 18.3 Å². The lowest BCUT2D eigenvalue weighted by molar-refractivity contribution is -0.141. The Bertz CT molecular complexity index is 1100. The number of anilines is 1. The molecule has 35 heavy (non-hydrogen) atoms. The Labute approximate surface area is 198 Å². The third kappa shape index (κ3) is 5.36. The van der Waals surface area contributed by atoms with E-state index in [1.165, 1.54) is 4.90 Å². The van der Waals surface area contributed by atoms with Gasteiger partial charge in [-0.3, -0.25) is 4.79 Å². The Hall–Kier alpha value is -2.91. The molecule has 0 bridgehead atoms.